The molecule has 9 heteroatoms. The lowest BCUT2D eigenvalue weighted by atomic mass is 10.0. The van der Waals surface area contributed by atoms with Gasteiger partial charge < -0.3 is 27.2 Å². The number of benzene rings is 2. The first-order valence-electron chi connectivity index (χ1n) is 11.7. The van der Waals surface area contributed by atoms with Gasteiger partial charge in [-0.25, -0.2) is 14.4 Å². The van der Waals surface area contributed by atoms with Crippen molar-refractivity contribution in [1.82, 2.24) is 9.97 Å². The van der Waals surface area contributed by atoms with Gasteiger partial charge in [0.15, 0.2) is 5.70 Å². The molecule has 0 unspecified atom stereocenters. The van der Waals surface area contributed by atoms with E-state index < -0.39 is 11.7 Å². The van der Waals surface area contributed by atoms with Crippen molar-refractivity contribution in [2.24, 2.45) is 10.7 Å². The molecule has 0 aliphatic rings. The summed E-state index contributed by atoms with van der Waals surface area (Å²) in [5.41, 5.74) is 16.8. The van der Waals surface area contributed by atoms with Crippen molar-refractivity contribution in [2.75, 3.05) is 11.1 Å². The fourth-order valence-electron chi connectivity index (χ4n) is 4.23. The number of amides is 1. The third-order valence-corrected chi connectivity index (χ3v) is 6.20. The molecule has 4 aromatic rings. The summed E-state index contributed by atoms with van der Waals surface area (Å²) in [4.78, 5) is 24.8. The quantitative estimate of drug-likeness (QED) is 0.196. The van der Waals surface area contributed by atoms with Crippen LogP contribution in [0.3, 0.4) is 0 Å². The number of hydrogen-bond donors (Lipinski definition) is 5. The smallest absolute Gasteiger partial charge is 0.269 e. The van der Waals surface area contributed by atoms with Crippen LogP contribution in [0.1, 0.15) is 38.3 Å². The first-order valence-corrected chi connectivity index (χ1v) is 11.7. The summed E-state index contributed by atoms with van der Waals surface area (Å²) in [5, 5.41) is 13.1. The van der Waals surface area contributed by atoms with Crippen LogP contribution in [0.25, 0.3) is 22.2 Å². The highest BCUT2D eigenvalue weighted by atomic mass is 19.1. The molecule has 37 heavy (non-hydrogen) atoms. The number of nitrogens with one attached hydrogen (secondary N) is 3. The molecule has 0 aliphatic heterocycles. The molecule has 4 rings (SSSR count). The fraction of sp³-hybridized carbons (Fsp3) is 0.143. The van der Waals surface area contributed by atoms with Gasteiger partial charge in [-0.1, -0.05) is 30.7 Å². The first-order chi connectivity index (χ1) is 17.7. The number of halogens is 1. The molecule has 0 bridgehead atoms. The number of anilines is 3. The SMILES string of the molecule is CC/C(C)=c1/c(=C(\N=C(C)c2ccccc2Nc2ccc(F)cn2)C(N)=O)[nH]c2ccc(N)c(C=N)c12. The van der Waals surface area contributed by atoms with Gasteiger partial charge >= 0.3 is 0 Å². The van der Waals surface area contributed by atoms with Gasteiger partial charge in [0, 0.05) is 50.5 Å². The number of H-pyrrole nitrogens is 1. The number of primary amides is 1. The molecule has 0 saturated carbocycles. The Balaban J connectivity index is 1.99. The second kappa shape index (κ2) is 10.4. The van der Waals surface area contributed by atoms with Crippen LogP contribution in [0.5, 0.6) is 0 Å². The Bertz CT molecular complexity index is 1670. The molecule has 188 valence electrons. The second-order valence-corrected chi connectivity index (χ2v) is 8.59. The molecule has 2 aromatic carbocycles. The number of pyridine rings is 1. The van der Waals surface area contributed by atoms with Crippen LogP contribution >= 0.6 is 0 Å². The van der Waals surface area contributed by atoms with E-state index in [4.69, 9.17) is 16.9 Å². The third-order valence-electron chi connectivity index (χ3n) is 6.20. The Morgan fingerprint density at radius 1 is 1.19 bits per heavy atom. The maximum Gasteiger partial charge on any atom is 0.269 e. The molecule has 2 aromatic heterocycles. The Hall–Kier alpha value is -4.79. The number of nitrogens with two attached hydrogens (primary N) is 2. The van der Waals surface area contributed by atoms with Gasteiger partial charge in [-0.2, -0.15) is 0 Å². The lowest BCUT2D eigenvalue weighted by Crippen LogP contribution is -2.32. The molecule has 0 atom stereocenters. The van der Waals surface area contributed by atoms with E-state index >= 15 is 0 Å². The minimum absolute atomic E-state index is 0.0562. The number of carbonyl (C=O) groups excluding carboxylic acids is 1. The van der Waals surface area contributed by atoms with Gasteiger partial charge in [-0.3, -0.25) is 4.79 Å². The summed E-state index contributed by atoms with van der Waals surface area (Å²) in [7, 11) is 0. The highest BCUT2D eigenvalue weighted by Crippen LogP contribution is 2.22. The van der Waals surface area contributed by atoms with Crippen LogP contribution in [-0.2, 0) is 4.79 Å². The molecular weight excluding hydrogens is 469 g/mol. The zero-order chi connectivity index (χ0) is 26.7. The van der Waals surface area contributed by atoms with E-state index in [1.54, 1.807) is 13.0 Å². The maximum atomic E-state index is 13.3. The standard InChI is InChI=1S/C28H28FN7O/c1-4-15(2)24-25-19(13-30)20(31)10-11-22(25)36-26(24)27(28(32)37)34-16(3)18-7-5-6-8-21(18)35-23-12-9-17(29)14-33-23/h5-14,30,36H,4,31H2,1-3H3,(H2,32,37)(H,33,35)/b24-15+,27-26+,30-13?,34-16?. The summed E-state index contributed by atoms with van der Waals surface area (Å²) in [6, 6.07) is 13.8. The molecule has 2 heterocycles. The van der Waals surface area contributed by atoms with Crippen LogP contribution in [0, 0.1) is 11.2 Å². The molecule has 0 fully saturated rings. The van der Waals surface area contributed by atoms with Crippen molar-refractivity contribution in [1.29, 1.82) is 5.41 Å². The van der Waals surface area contributed by atoms with Gasteiger partial charge in [0.1, 0.15) is 11.6 Å². The number of fused-ring (bicyclic) bond motifs is 1. The third kappa shape index (κ3) is 4.97. The van der Waals surface area contributed by atoms with E-state index in [1.807, 2.05) is 44.2 Å². The van der Waals surface area contributed by atoms with E-state index in [9.17, 15) is 9.18 Å². The molecule has 0 radical (unpaired) electrons. The number of aromatic nitrogens is 2. The van der Waals surface area contributed by atoms with Crippen LogP contribution in [-0.4, -0.2) is 27.8 Å². The van der Waals surface area contributed by atoms with Crippen molar-refractivity contribution in [3.63, 3.8) is 0 Å². The number of aromatic amines is 1. The Morgan fingerprint density at radius 3 is 2.59 bits per heavy atom. The van der Waals surface area contributed by atoms with E-state index in [1.165, 1.54) is 18.3 Å². The average Bonchev–Trinajstić information content (AvgIpc) is 3.27. The van der Waals surface area contributed by atoms with Gasteiger partial charge in [0.05, 0.1) is 11.5 Å². The highest BCUT2D eigenvalue weighted by Gasteiger charge is 2.16. The number of nitrogens with zero attached hydrogens (tertiary/aromatic N) is 2. The van der Waals surface area contributed by atoms with Crippen molar-refractivity contribution in [3.05, 3.63) is 82.2 Å². The number of para-hydroxylation sites is 1. The molecular formula is C28H28FN7O. The molecule has 1 amide bonds. The van der Waals surface area contributed by atoms with Crippen LogP contribution < -0.4 is 27.4 Å². The largest absolute Gasteiger partial charge is 0.398 e. The Labute approximate surface area is 213 Å². The summed E-state index contributed by atoms with van der Waals surface area (Å²) < 4.78 is 13.3. The summed E-state index contributed by atoms with van der Waals surface area (Å²) in [6.45, 7) is 5.76. The highest BCUT2D eigenvalue weighted by molar-refractivity contribution is 6.17. The van der Waals surface area contributed by atoms with Crippen LogP contribution in [0.15, 0.2) is 59.7 Å². The molecule has 0 aliphatic carbocycles. The van der Waals surface area contributed by atoms with Crippen molar-refractivity contribution < 1.29 is 9.18 Å². The lowest BCUT2D eigenvalue weighted by molar-refractivity contribution is -0.113. The number of aliphatic imine (C=N–C) groups is 1. The number of hydrogen-bond acceptors (Lipinski definition) is 6. The molecule has 0 spiro atoms. The zero-order valence-electron chi connectivity index (χ0n) is 20.8. The van der Waals surface area contributed by atoms with E-state index in [0.29, 0.717) is 45.8 Å². The predicted molar refractivity (Wildman–Crippen MR) is 148 cm³/mol. The van der Waals surface area contributed by atoms with Gasteiger partial charge in [-0.15, -0.1) is 0 Å². The lowest BCUT2D eigenvalue weighted by Gasteiger charge is -2.11. The number of nitrogen functional groups attached to an aromatic ring is 1. The van der Waals surface area contributed by atoms with Crippen molar-refractivity contribution in [3.8, 4) is 0 Å². The first kappa shape index (κ1) is 25.3. The van der Waals surface area contributed by atoms with Crippen molar-refractivity contribution in [2.45, 2.75) is 27.2 Å². The fourth-order valence-corrected chi connectivity index (χ4v) is 4.23. The summed E-state index contributed by atoms with van der Waals surface area (Å²) in [6.07, 6.45) is 3.05. The Morgan fingerprint density at radius 2 is 1.95 bits per heavy atom. The number of rotatable bonds is 7. The molecule has 7 N–H and O–H groups in total. The Kier molecular flexibility index (Phi) is 7.15. The predicted octanol–water partition coefficient (Wildman–Crippen LogP) is 3.71. The van der Waals surface area contributed by atoms with E-state index in [-0.39, 0.29) is 5.70 Å². The monoisotopic (exact) mass is 497 g/mol. The van der Waals surface area contributed by atoms with Gasteiger partial charge in [0.25, 0.3) is 5.91 Å². The number of carbonyl (C=O) groups is 1. The van der Waals surface area contributed by atoms with Crippen molar-refractivity contribution >= 4 is 57.2 Å². The minimum atomic E-state index is -0.703. The zero-order valence-corrected chi connectivity index (χ0v) is 20.8. The van der Waals surface area contributed by atoms with E-state index in [0.717, 1.165) is 27.9 Å². The van der Waals surface area contributed by atoms with Crippen LogP contribution in [0.2, 0.25) is 0 Å². The average molecular weight is 498 g/mol. The summed E-state index contributed by atoms with van der Waals surface area (Å²) >= 11 is 0. The van der Waals surface area contributed by atoms with E-state index in [2.05, 4.69) is 20.3 Å². The van der Waals surface area contributed by atoms with Gasteiger partial charge in [0.2, 0.25) is 0 Å². The van der Waals surface area contributed by atoms with Gasteiger partial charge in [-0.05, 0) is 50.6 Å². The van der Waals surface area contributed by atoms with Crippen LogP contribution in [0.4, 0.5) is 21.6 Å². The molecule has 8 nitrogen and oxygen atoms in total. The molecule has 0 saturated heterocycles. The normalized spacial score (nSPS) is 13.4. The topological polar surface area (TPSA) is 146 Å². The summed E-state index contributed by atoms with van der Waals surface area (Å²) in [5.74, 6) is -0.673. The minimum Gasteiger partial charge on any atom is -0.398 e. The second-order valence-electron chi connectivity index (χ2n) is 8.59. The maximum absolute atomic E-state index is 13.3.